The summed E-state index contributed by atoms with van der Waals surface area (Å²) in [7, 11) is 0. The topological polar surface area (TPSA) is 44.2 Å². The maximum absolute atomic E-state index is 5.91. The molecule has 5 heteroatoms. The molecule has 0 amide bonds. The molecule has 0 bridgehead atoms. The monoisotopic (exact) mass is 214 g/mol. The van der Waals surface area contributed by atoms with Crippen LogP contribution < -0.4 is 4.74 Å². The molecule has 1 aliphatic heterocycles. The van der Waals surface area contributed by atoms with Gasteiger partial charge in [0.05, 0.1) is 18.8 Å². The van der Waals surface area contributed by atoms with Crippen LogP contribution in [0.15, 0.2) is 6.33 Å². The van der Waals surface area contributed by atoms with Crippen molar-refractivity contribution in [1.29, 1.82) is 0 Å². The minimum atomic E-state index is 0.117. The smallest absolute Gasteiger partial charge is 0.221 e. The summed E-state index contributed by atoms with van der Waals surface area (Å²) >= 11 is 5.91. The first-order chi connectivity index (χ1) is 6.81. The van der Waals surface area contributed by atoms with Gasteiger partial charge in [-0.25, -0.2) is 9.97 Å². The zero-order valence-corrected chi connectivity index (χ0v) is 8.62. The van der Waals surface area contributed by atoms with Gasteiger partial charge in [0.15, 0.2) is 0 Å². The number of aromatic nitrogens is 2. The first-order valence-corrected chi connectivity index (χ1v) is 4.92. The second-order valence-electron chi connectivity index (χ2n) is 3.08. The predicted octanol–water partition coefficient (Wildman–Crippen LogP) is 1.47. The minimum Gasteiger partial charge on any atom is -0.469 e. The molecule has 4 nitrogen and oxygen atoms in total. The van der Waals surface area contributed by atoms with Crippen LogP contribution in [0.5, 0.6) is 5.88 Å². The highest BCUT2D eigenvalue weighted by atomic mass is 35.5. The van der Waals surface area contributed by atoms with Crippen molar-refractivity contribution in [3.63, 3.8) is 0 Å². The van der Waals surface area contributed by atoms with E-state index in [1.807, 2.05) is 6.92 Å². The fourth-order valence-corrected chi connectivity index (χ4v) is 1.47. The molecule has 0 atom stereocenters. The normalized spacial score (nSPS) is 16.4. The molecule has 1 aliphatic rings. The molecule has 1 saturated heterocycles. The van der Waals surface area contributed by atoms with Gasteiger partial charge in [-0.05, 0) is 6.42 Å². The van der Waals surface area contributed by atoms with E-state index in [0.29, 0.717) is 24.2 Å². The maximum Gasteiger partial charge on any atom is 0.221 e. The van der Waals surface area contributed by atoms with Crippen molar-refractivity contribution in [2.75, 3.05) is 13.2 Å². The van der Waals surface area contributed by atoms with E-state index in [2.05, 4.69) is 9.97 Å². The Kier molecular flexibility index (Phi) is 2.84. The number of halogens is 1. The summed E-state index contributed by atoms with van der Waals surface area (Å²) in [6, 6.07) is 0. The van der Waals surface area contributed by atoms with Crippen LogP contribution in [0.3, 0.4) is 0 Å². The van der Waals surface area contributed by atoms with Gasteiger partial charge in [-0.2, -0.15) is 0 Å². The van der Waals surface area contributed by atoms with Crippen LogP contribution in [0.1, 0.15) is 12.5 Å². The van der Waals surface area contributed by atoms with Crippen molar-refractivity contribution in [1.82, 2.24) is 9.97 Å². The van der Waals surface area contributed by atoms with Gasteiger partial charge in [-0.15, -0.1) is 0 Å². The van der Waals surface area contributed by atoms with Crippen molar-refractivity contribution in [3.8, 4) is 5.88 Å². The van der Waals surface area contributed by atoms with Gasteiger partial charge in [0.2, 0.25) is 5.88 Å². The Morgan fingerprint density at radius 3 is 2.93 bits per heavy atom. The Balaban J connectivity index is 2.17. The standard InChI is InChI=1S/C9H11ClN2O2/c1-2-7-8(10)11-5-12-9(7)14-6-3-13-4-6/h5-6H,2-4H2,1H3. The van der Waals surface area contributed by atoms with Crippen molar-refractivity contribution < 1.29 is 9.47 Å². The van der Waals surface area contributed by atoms with Gasteiger partial charge >= 0.3 is 0 Å². The van der Waals surface area contributed by atoms with Crippen molar-refractivity contribution >= 4 is 11.6 Å². The largest absolute Gasteiger partial charge is 0.469 e. The highest BCUT2D eigenvalue weighted by Crippen LogP contribution is 2.24. The average molecular weight is 215 g/mol. The molecular formula is C9H11ClN2O2. The van der Waals surface area contributed by atoms with Gasteiger partial charge in [0.25, 0.3) is 0 Å². The number of rotatable bonds is 3. The van der Waals surface area contributed by atoms with E-state index in [9.17, 15) is 0 Å². The molecule has 0 saturated carbocycles. The highest BCUT2D eigenvalue weighted by Gasteiger charge is 2.22. The molecular weight excluding hydrogens is 204 g/mol. The molecule has 0 aromatic carbocycles. The molecule has 0 radical (unpaired) electrons. The SMILES string of the molecule is CCc1c(Cl)ncnc1OC1COC1. The van der Waals surface area contributed by atoms with Crippen LogP contribution >= 0.6 is 11.6 Å². The van der Waals surface area contributed by atoms with E-state index in [-0.39, 0.29) is 6.10 Å². The summed E-state index contributed by atoms with van der Waals surface area (Å²) in [6.45, 7) is 3.25. The predicted molar refractivity (Wildman–Crippen MR) is 51.7 cm³/mol. The Morgan fingerprint density at radius 1 is 1.57 bits per heavy atom. The summed E-state index contributed by atoms with van der Waals surface area (Å²) in [5.74, 6) is 0.584. The molecule has 0 aliphatic carbocycles. The quantitative estimate of drug-likeness (QED) is 0.715. The Bertz CT molecular complexity index is 329. The van der Waals surface area contributed by atoms with Crippen molar-refractivity contribution in [3.05, 3.63) is 17.0 Å². The number of ether oxygens (including phenoxy) is 2. The molecule has 1 aromatic rings. The number of hydrogen-bond donors (Lipinski definition) is 0. The van der Waals surface area contributed by atoms with Gasteiger partial charge in [0, 0.05) is 0 Å². The van der Waals surface area contributed by atoms with Gasteiger partial charge in [-0.1, -0.05) is 18.5 Å². The Morgan fingerprint density at radius 2 is 2.36 bits per heavy atom. The second kappa shape index (κ2) is 4.11. The minimum absolute atomic E-state index is 0.117. The van der Waals surface area contributed by atoms with Crippen LogP contribution in [0.25, 0.3) is 0 Å². The maximum atomic E-state index is 5.91. The summed E-state index contributed by atoms with van der Waals surface area (Å²) < 4.78 is 10.6. The van der Waals surface area contributed by atoms with Crippen LogP contribution in [0.2, 0.25) is 5.15 Å². The van der Waals surface area contributed by atoms with E-state index in [1.165, 1.54) is 6.33 Å². The van der Waals surface area contributed by atoms with E-state index in [4.69, 9.17) is 21.1 Å². The summed E-state index contributed by atoms with van der Waals surface area (Å²) in [5, 5.41) is 0.470. The van der Waals surface area contributed by atoms with Crippen LogP contribution in [0, 0.1) is 0 Å². The van der Waals surface area contributed by atoms with E-state index < -0.39 is 0 Å². The molecule has 0 spiro atoms. The Hall–Kier alpha value is -0.870. The van der Waals surface area contributed by atoms with Crippen LogP contribution in [0.4, 0.5) is 0 Å². The van der Waals surface area contributed by atoms with Gasteiger partial charge in [0.1, 0.15) is 17.6 Å². The second-order valence-corrected chi connectivity index (χ2v) is 3.44. The summed E-state index contributed by atoms with van der Waals surface area (Å²) in [5.41, 5.74) is 0.862. The lowest BCUT2D eigenvalue weighted by atomic mass is 10.2. The lowest BCUT2D eigenvalue weighted by molar-refractivity contribution is -0.0817. The molecule has 1 fully saturated rings. The van der Waals surface area contributed by atoms with E-state index in [1.54, 1.807) is 0 Å². The molecule has 76 valence electrons. The Labute approximate surface area is 87.2 Å². The zero-order chi connectivity index (χ0) is 9.97. The van der Waals surface area contributed by atoms with Crippen LogP contribution in [-0.2, 0) is 11.2 Å². The van der Waals surface area contributed by atoms with Gasteiger partial charge in [-0.3, -0.25) is 0 Å². The van der Waals surface area contributed by atoms with Crippen LogP contribution in [-0.4, -0.2) is 29.3 Å². The van der Waals surface area contributed by atoms with Crippen molar-refractivity contribution in [2.24, 2.45) is 0 Å². The van der Waals surface area contributed by atoms with Gasteiger partial charge < -0.3 is 9.47 Å². The summed E-state index contributed by atoms with van der Waals surface area (Å²) in [4.78, 5) is 7.96. The number of nitrogens with zero attached hydrogens (tertiary/aromatic N) is 2. The lowest BCUT2D eigenvalue weighted by Gasteiger charge is -2.26. The molecule has 14 heavy (non-hydrogen) atoms. The van der Waals surface area contributed by atoms with E-state index in [0.717, 1.165) is 12.0 Å². The lowest BCUT2D eigenvalue weighted by Crippen LogP contribution is -2.39. The first-order valence-electron chi connectivity index (χ1n) is 4.55. The summed E-state index contributed by atoms with van der Waals surface area (Å²) in [6.07, 6.45) is 2.30. The van der Waals surface area contributed by atoms with Crippen molar-refractivity contribution in [2.45, 2.75) is 19.4 Å². The molecule has 2 rings (SSSR count). The average Bonchev–Trinajstić information content (AvgIpc) is 2.11. The third kappa shape index (κ3) is 1.81. The highest BCUT2D eigenvalue weighted by molar-refractivity contribution is 6.30. The third-order valence-electron chi connectivity index (χ3n) is 2.09. The fourth-order valence-electron chi connectivity index (χ4n) is 1.21. The van der Waals surface area contributed by atoms with E-state index >= 15 is 0 Å². The fraction of sp³-hybridized carbons (Fsp3) is 0.556. The first kappa shape index (κ1) is 9.68. The number of hydrogen-bond acceptors (Lipinski definition) is 4. The molecule has 0 N–H and O–H groups in total. The molecule has 2 heterocycles. The molecule has 0 unspecified atom stereocenters. The molecule has 1 aromatic heterocycles. The zero-order valence-electron chi connectivity index (χ0n) is 7.86. The third-order valence-corrected chi connectivity index (χ3v) is 2.42.